The van der Waals surface area contributed by atoms with E-state index in [1.54, 1.807) is 0 Å². The molecule has 1 heterocycles. The van der Waals surface area contributed by atoms with Crippen molar-refractivity contribution >= 4 is 5.97 Å². The van der Waals surface area contributed by atoms with Gasteiger partial charge in [0.2, 0.25) is 0 Å². The fourth-order valence-corrected chi connectivity index (χ4v) is 2.70. The molecule has 0 radical (unpaired) electrons. The molecular weight excluding hydrogens is 368 g/mol. The minimum absolute atomic E-state index is 0.0344. The molecule has 1 aliphatic rings. The third-order valence-electron chi connectivity index (χ3n) is 4.06. The van der Waals surface area contributed by atoms with Crippen molar-refractivity contribution in [2.24, 2.45) is 5.92 Å². The van der Waals surface area contributed by atoms with E-state index < -0.39 is 42.5 Å². The average molecular weight is 385 g/mol. The summed E-state index contributed by atoms with van der Waals surface area (Å²) in [4.78, 5) is 12.8. The van der Waals surface area contributed by atoms with Crippen LogP contribution in [0.2, 0.25) is 0 Å². The number of methoxy groups -OCH3 is 1. The van der Waals surface area contributed by atoms with E-state index in [0.717, 1.165) is 19.2 Å². The second-order valence-electron chi connectivity index (χ2n) is 5.86. The maximum atomic E-state index is 13.0. The van der Waals surface area contributed by atoms with Crippen molar-refractivity contribution in [3.8, 4) is 0 Å². The van der Waals surface area contributed by atoms with Crippen molar-refractivity contribution in [3.63, 3.8) is 0 Å². The molecule has 2 atom stereocenters. The Kier molecular flexibility index (Phi) is 6.17. The summed E-state index contributed by atoms with van der Waals surface area (Å²) in [7, 11) is 0.867. The Labute approximate surface area is 145 Å². The first-order valence-electron chi connectivity index (χ1n) is 7.68. The fourth-order valence-electron chi connectivity index (χ4n) is 2.70. The molecule has 1 aromatic carbocycles. The third-order valence-corrected chi connectivity index (χ3v) is 4.06. The smallest absolute Gasteiger partial charge is 0.416 e. The highest BCUT2D eigenvalue weighted by atomic mass is 19.4. The van der Waals surface area contributed by atoms with Gasteiger partial charge in [0.25, 0.3) is 0 Å². The second-order valence-corrected chi connectivity index (χ2v) is 5.86. The molecule has 0 aliphatic carbocycles. The zero-order valence-electron chi connectivity index (χ0n) is 13.7. The Morgan fingerprint density at radius 3 is 2.58 bits per heavy atom. The van der Waals surface area contributed by atoms with Gasteiger partial charge in [0.1, 0.15) is 0 Å². The molecule has 10 heteroatoms. The van der Waals surface area contributed by atoms with Gasteiger partial charge in [-0.3, -0.25) is 9.69 Å². The highest BCUT2D eigenvalue weighted by Crippen LogP contribution is 2.33. The first kappa shape index (κ1) is 20.5. The molecule has 1 aliphatic heterocycles. The number of esters is 1. The van der Waals surface area contributed by atoms with Gasteiger partial charge in [-0.1, -0.05) is 12.1 Å². The average Bonchev–Trinajstić information content (AvgIpc) is 2.57. The van der Waals surface area contributed by atoms with Crippen LogP contribution in [0.3, 0.4) is 0 Å². The van der Waals surface area contributed by atoms with Crippen LogP contribution in [0.1, 0.15) is 17.2 Å². The Morgan fingerprint density at radius 1 is 1.31 bits per heavy atom. The van der Waals surface area contributed by atoms with Crippen molar-refractivity contribution in [3.05, 3.63) is 35.4 Å². The lowest BCUT2D eigenvalue weighted by molar-refractivity contribution is -0.201. The molecule has 1 aromatic rings. The number of ether oxygens (including phenoxy) is 2. The van der Waals surface area contributed by atoms with E-state index in [-0.39, 0.29) is 25.3 Å². The molecule has 4 nitrogen and oxygen atoms in total. The molecule has 1 saturated heterocycles. The maximum absolute atomic E-state index is 13.0. The van der Waals surface area contributed by atoms with Gasteiger partial charge in [0, 0.05) is 19.6 Å². The maximum Gasteiger partial charge on any atom is 0.416 e. The number of carbonyl (C=O) groups excluding carboxylic acids is 1. The summed E-state index contributed by atoms with van der Waals surface area (Å²) in [5.74, 6) is -3.73. The zero-order valence-corrected chi connectivity index (χ0v) is 13.7. The summed E-state index contributed by atoms with van der Waals surface area (Å²) < 4.78 is 87.2. The van der Waals surface area contributed by atoms with Gasteiger partial charge in [-0.2, -0.15) is 26.3 Å². The molecule has 0 bridgehead atoms. The number of alkyl halides is 6. The van der Waals surface area contributed by atoms with E-state index in [1.807, 2.05) is 0 Å². The van der Waals surface area contributed by atoms with Gasteiger partial charge in [0.15, 0.2) is 5.92 Å². The van der Waals surface area contributed by atoms with Crippen LogP contribution in [0.25, 0.3) is 0 Å². The van der Waals surface area contributed by atoms with Crippen LogP contribution in [0.15, 0.2) is 24.3 Å². The summed E-state index contributed by atoms with van der Waals surface area (Å²) in [6.45, 7) is -0.550. The molecular formula is C16H17F6NO3. The number of morpholine rings is 1. The van der Waals surface area contributed by atoms with Crippen LogP contribution in [-0.2, 0) is 20.4 Å². The standard InChI is InChI=1S/C16H17F6NO3/c1-25-14(24)12(16(20,21)22)8-23-5-6-26-13(9-23)10-3-2-4-11(7-10)15(17,18)19/h2-4,7,12-13H,5-6,8-9H2,1H3. The van der Waals surface area contributed by atoms with E-state index in [9.17, 15) is 31.1 Å². The highest BCUT2D eigenvalue weighted by Gasteiger charge is 2.47. The van der Waals surface area contributed by atoms with Gasteiger partial charge in [0.05, 0.1) is 25.4 Å². The SMILES string of the molecule is COC(=O)C(CN1CCOC(c2cccc(C(F)(F)F)c2)C1)C(F)(F)F. The summed E-state index contributed by atoms with van der Waals surface area (Å²) in [5, 5.41) is 0. The summed E-state index contributed by atoms with van der Waals surface area (Å²) in [5.41, 5.74) is -0.649. The van der Waals surface area contributed by atoms with Crippen LogP contribution in [0.4, 0.5) is 26.3 Å². The van der Waals surface area contributed by atoms with Crippen LogP contribution < -0.4 is 0 Å². The third kappa shape index (κ3) is 5.10. The number of nitrogens with zero attached hydrogens (tertiary/aromatic N) is 1. The van der Waals surface area contributed by atoms with Gasteiger partial charge >= 0.3 is 18.3 Å². The van der Waals surface area contributed by atoms with Crippen LogP contribution in [0, 0.1) is 5.92 Å². The van der Waals surface area contributed by atoms with Crippen molar-refractivity contribution in [2.75, 3.05) is 33.4 Å². The lowest BCUT2D eigenvalue weighted by Crippen LogP contribution is -2.46. The molecule has 0 N–H and O–H groups in total. The first-order valence-corrected chi connectivity index (χ1v) is 7.68. The Bertz CT molecular complexity index is 631. The van der Waals surface area contributed by atoms with Crippen LogP contribution in [-0.4, -0.2) is 50.4 Å². The highest BCUT2D eigenvalue weighted by molar-refractivity contribution is 5.73. The van der Waals surface area contributed by atoms with Gasteiger partial charge in [-0.25, -0.2) is 0 Å². The van der Waals surface area contributed by atoms with Gasteiger partial charge < -0.3 is 9.47 Å². The quantitative estimate of drug-likeness (QED) is 0.588. The van der Waals surface area contributed by atoms with Crippen molar-refractivity contribution in [1.29, 1.82) is 0 Å². The number of hydrogen-bond acceptors (Lipinski definition) is 4. The van der Waals surface area contributed by atoms with Crippen molar-refractivity contribution in [2.45, 2.75) is 18.5 Å². The van der Waals surface area contributed by atoms with E-state index >= 15 is 0 Å². The zero-order chi connectivity index (χ0) is 19.5. The molecule has 26 heavy (non-hydrogen) atoms. The molecule has 0 saturated carbocycles. The van der Waals surface area contributed by atoms with E-state index in [4.69, 9.17) is 4.74 Å². The topological polar surface area (TPSA) is 38.8 Å². The lowest BCUT2D eigenvalue weighted by Gasteiger charge is -2.35. The van der Waals surface area contributed by atoms with Gasteiger partial charge in [-0.15, -0.1) is 0 Å². The largest absolute Gasteiger partial charge is 0.469 e. The lowest BCUT2D eigenvalue weighted by atomic mass is 10.0. The van der Waals surface area contributed by atoms with Gasteiger partial charge in [-0.05, 0) is 17.7 Å². The second kappa shape index (κ2) is 7.83. The number of hydrogen-bond donors (Lipinski definition) is 0. The predicted molar refractivity (Wildman–Crippen MR) is 78.1 cm³/mol. The first-order chi connectivity index (χ1) is 12.0. The predicted octanol–water partition coefficient (Wildman–Crippen LogP) is 3.43. The van der Waals surface area contributed by atoms with E-state index in [0.29, 0.717) is 0 Å². The van der Waals surface area contributed by atoms with E-state index in [1.165, 1.54) is 17.0 Å². The monoisotopic (exact) mass is 385 g/mol. The molecule has 1 fully saturated rings. The van der Waals surface area contributed by atoms with Crippen LogP contribution >= 0.6 is 0 Å². The minimum Gasteiger partial charge on any atom is -0.469 e. The molecule has 2 rings (SSSR count). The molecule has 0 aromatic heterocycles. The Balaban J connectivity index is 2.13. The summed E-state index contributed by atoms with van der Waals surface area (Å²) in [6, 6.07) is 4.45. The number of halogens is 6. The van der Waals surface area contributed by atoms with E-state index in [2.05, 4.69) is 4.74 Å². The van der Waals surface area contributed by atoms with Crippen LogP contribution in [0.5, 0.6) is 0 Å². The summed E-state index contributed by atoms with van der Waals surface area (Å²) >= 11 is 0. The molecule has 0 amide bonds. The fraction of sp³-hybridized carbons (Fsp3) is 0.562. The number of carbonyl (C=O) groups is 1. The Morgan fingerprint density at radius 2 is 2.00 bits per heavy atom. The molecule has 146 valence electrons. The normalized spacial score (nSPS) is 20.7. The summed E-state index contributed by atoms with van der Waals surface area (Å²) in [6.07, 6.45) is -10.1. The Hall–Kier alpha value is -1.81. The van der Waals surface area contributed by atoms with Crippen molar-refractivity contribution in [1.82, 2.24) is 4.90 Å². The molecule has 2 unspecified atom stereocenters. The van der Waals surface area contributed by atoms with Crippen molar-refractivity contribution < 1.29 is 40.6 Å². The number of benzene rings is 1. The number of rotatable bonds is 4. The minimum atomic E-state index is -4.78. The molecule has 0 spiro atoms.